The Morgan fingerprint density at radius 2 is 2.16 bits per heavy atom. The number of hydrogen-bond acceptors (Lipinski definition) is 3. The Kier molecular flexibility index (Phi) is 3.04. The van der Waals surface area contributed by atoms with Gasteiger partial charge in [-0.25, -0.2) is 13.8 Å². The normalized spacial score (nSPS) is 11.3. The van der Waals surface area contributed by atoms with Crippen LogP contribution >= 0.6 is 11.3 Å². The Morgan fingerprint density at radius 1 is 1.32 bits per heavy atom. The van der Waals surface area contributed by atoms with Crippen molar-refractivity contribution in [2.24, 2.45) is 5.73 Å². The van der Waals surface area contributed by atoms with Crippen LogP contribution in [-0.2, 0) is 6.42 Å². The van der Waals surface area contributed by atoms with Crippen LogP contribution in [0.25, 0.3) is 16.1 Å². The molecule has 0 amide bonds. The molecule has 1 aromatic carbocycles. The average molecular weight is 279 g/mol. The van der Waals surface area contributed by atoms with Gasteiger partial charge in [-0.15, -0.1) is 11.3 Å². The smallest absolute Gasteiger partial charge is 0.132 e. The molecule has 0 radical (unpaired) electrons. The number of benzene rings is 1. The van der Waals surface area contributed by atoms with Crippen molar-refractivity contribution in [3.05, 3.63) is 47.2 Å². The van der Waals surface area contributed by atoms with Crippen LogP contribution in [0, 0.1) is 11.6 Å². The average Bonchev–Trinajstić information content (AvgIpc) is 2.96. The van der Waals surface area contributed by atoms with Gasteiger partial charge in [0.2, 0.25) is 0 Å². The number of hydrogen-bond donors (Lipinski definition) is 1. The molecule has 2 aromatic heterocycles. The number of fused-ring (bicyclic) bond motifs is 1. The van der Waals surface area contributed by atoms with Crippen LogP contribution in [0.3, 0.4) is 0 Å². The number of halogens is 2. The number of aromatic nitrogens is 2. The molecule has 6 heteroatoms. The van der Waals surface area contributed by atoms with Gasteiger partial charge in [0.1, 0.15) is 22.3 Å². The highest BCUT2D eigenvalue weighted by Gasteiger charge is 2.15. The van der Waals surface area contributed by atoms with Crippen LogP contribution in [0.5, 0.6) is 0 Å². The summed E-state index contributed by atoms with van der Waals surface area (Å²) in [6, 6.07) is 3.44. The van der Waals surface area contributed by atoms with E-state index in [9.17, 15) is 8.78 Å². The minimum absolute atomic E-state index is 0.238. The van der Waals surface area contributed by atoms with Gasteiger partial charge < -0.3 is 5.73 Å². The SMILES string of the molecule is NCCc1ncc2scc(-c3cc(F)ccc3F)n12. The topological polar surface area (TPSA) is 43.3 Å². The molecule has 0 aliphatic carbocycles. The van der Waals surface area contributed by atoms with Gasteiger partial charge in [-0.05, 0) is 24.7 Å². The van der Waals surface area contributed by atoms with Gasteiger partial charge in [-0.3, -0.25) is 4.40 Å². The summed E-state index contributed by atoms with van der Waals surface area (Å²) < 4.78 is 29.0. The van der Waals surface area contributed by atoms with Crippen molar-refractivity contribution < 1.29 is 8.78 Å². The minimum atomic E-state index is -0.462. The number of imidazole rings is 1. The summed E-state index contributed by atoms with van der Waals surface area (Å²) in [7, 11) is 0. The molecule has 0 aliphatic rings. The molecular formula is C13H11F2N3S. The fraction of sp³-hybridized carbons (Fsp3) is 0.154. The Balaban J connectivity index is 2.24. The van der Waals surface area contributed by atoms with E-state index in [1.165, 1.54) is 17.4 Å². The van der Waals surface area contributed by atoms with E-state index in [1.807, 2.05) is 4.40 Å². The summed E-state index contributed by atoms with van der Waals surface area (Å²) >= 11 is 1.44. The molecule has 98 valence electrons. The van der Waals surface area contributed by atoms with Crippen molar-refractivity contribution >= 4 is 16.2 Å². The third kappa shape index (κ3) is 2.02. The van der Waals surface area contributed by atoms with Crippen molar-refractivity contribution in [1.82, 2.24) is 9.38 Å². The highest BCUT2D eigenvalue weighted by molar-refractivity contribution is 7.15. The molecule has 0 aliphatic heterocycles. The van der Waals surface area contributed by atoms with Gasteiger partial charge in [0.05, 0.1) is 11.9 Å². The van der Waals surface area contributed by atoms with Crippen molar-refractivity contribution in [3.63, 3.8) is 0 Å². The summed E-state index contributed by atoms with van der Waals surface area (Å²) in [5.41, 5.74) is 6.39. The molecule has 3 nitrogen and oxygen atoms in total. The van der Waals surface area contributed by atoms with E-state index in [2.05, 4.69) is 4.98 Å². The zero-order valence-corrected chi connectivity index (χ0v) is 10.8. The molecule has 0 bridgehead atoms. The summed E-state index contributed by atoms with van der Waals surface area (Å²) in [5.74, 6) is -0.151. The number of nitrogens with zero attached hydrogens (tertiary/aromatic N) is 2. The second kappa shape index (κ2) is 4.71. The lowest BCUT2D eigenvalue weighted by Gasteiger charge is -2.05. The second-order valence-electron chi connectivity index (χ2n) is 4.13. The van der Waals surface area contributed by atoms with Gasteiger partial charge in [0.25, 0.3) is 0 Å². The summed E-state index contributed by atoms with van der Waals surface area (Å²) in [5, 5.41) is 1.80. The first kappa shape index (κ1) is 12.3. The quantitative estimate of drug-likeness (QED) is 0.801. The van der Waals surface area contributed by atoms with Crippen molar-refractivity contribution in [3.8, 4) is 11.3 Å². The van der Waals surface area contributed by atoms with Gasteiger partial charge in [-0.1, -0.05) is 0 Å². The molecule has 3 aromatic rings. The highest BCUT2D eigenvalue weighted by atomic mass is 32.1. The largest absolute Gasteiger partial charge is 0.330 e. The molecule has 0 fully saturated rings. The maximum Gasteiger partial charge on any atom is 0.132 e. The van der Waals surface area contributed by atoms with Crippen molar-refractivity contribution in [2.75, 3.05) is 6.54 Å². The third-order valence-electron chi connectivity index (χ3n) is 2.91. The van der Waals surface area contributed by atoms with Crippen LogP contribution in [0.1, 0.15) is 5.82 Å². The van der Waals surface area contributed by atoms with Gasteiger partial charge in [0, 0.05) is 17.4 Å². The van der Waals surface area contributed by atoms with Crippen LogP contribution in [0.4, 0.5) is 8.78 Å². The molecule has 2 heterocycles. The van der Waals surface area contributed by atoms with Crippen LogP contribution < -0.4 is 5.73 Å². The molecule has 0 atom stereocenters. The standard InChI is InChI=1S/C13H11F2N3S/c14-8-1-2-10(15)9(5-8)11-7-19-13-6-17-12(3-4-16)18(11)13/h1-2,5-7H,3-4,16H2. The van der Waals surface area contributed by atoms with Crippen LogP contribution in [0.15, 0.2) is 29.8 Å². The van der Waals surface area contributed by atoms with Crippen molar-refractivity contribution in [2.45, 2.75) is 6.42 Å². The summed E-state index contributed by atoms with van der Waals surface area (Å²) in [6.07, 6.45) is 2.31. The zero-order chi connectivity index (χ0) is 13.4. The first-order valence-corrected chi connectivity index (χ1v) is 6.68. The van der Waals surface area contributed by atoms with Crippen molar-refractivity contribution in [1.29, 1.82) is 0 Å². The zero-order valence-electron chi connectivity index (χ0n) is 9.94. The number of nitrogens with two attached hydrogens (primary N) is 1. The molecule has 0 spiro atoms. The van der Waals surface area contributed by atoms with E-state index in [0.29, 0.717) is 18.7 Å². The maximum atomic E-state index is 13.9. The number of thiazole rings is 1. The van der Waals surface area contributed by atoms with E-state index < -0.39 is 11.6 Å². The predicted molar refractivity (Wildman–Crippen MR) is 71.2 cm³/mol. The van der Waals surface area contributed by atoms with Crippen LogP contribution in [0.2, 0.25) is 0 Å². The molecule has 0 saturated carbocycles. The van der Waals surface area contributed by atoms with Gasteiger partial charge in [-0.2, -0.15) is 0 Å². The van der Waals surface area contributed by atoms with E-state index in [1.54, 1.807) is 11.6 Å². The van der Waals surface area contributed by atoms with E-state index in [0.717, 1.165) is 22.8 Å². The Bertz CT molecular complexity index is 733. The summed E-state index contributed by atoms with van der Waals surface area (Å²) in [4.78, 5) is 5.15. The molecule has 2 N–H and O–H groups in total. The highest BCUT2D eigenvalue weighted by Crippen LogP contribution is 2.30. The van der Waals surface area contributed by atoms with Gasteiger partial charge in [0.15, 0.2) is 0 Å². The van der Waals surface area contributed by atoms with E-state index >= 15 is 0 Å². The summed E-state index contributed by atoms with van der Waals surface area (Å²) in [6.45, 7) is 0.458. The molecule has 0 saturated heterocycles. The van der Waals surface area contributed by atoms with E-state index in [4.69, 9.17) is 5.73 Å². The van der Waals surface area contributed by atoms with Gasteiger partial charge >= 0.3 is 0 Å². The monoisotopic (exact) mass is 279 g/mol. The maximum absolute atomic E-state index is 13.9. The fourth-order valence-corrected chi connectivity index (χ4v) is 2.95. The first-order valence-electron chi connectivity index (χ1n) is 5.80. The molecular weight excluding hydrogens is 268 g/mol. The lowest BCUT2D eigenvalue weighted by Crippen LogP contribution is -2.06. The lowest BCUT2D eigenvalue weighted by atomic mass is 10.1. The molecule has 19 heavy (non-hydrogen) atoms. The Hall–Kier alpha value is -1.79. The Morgan fingerprint density at radius 3 is 2.95 bits per heavy atom. The predicted octanol–water partition coefficient (Wildman–Crippen LogP) is 2.84. The number of rotatable bonds is 3. The lowest BCUT2D eigenvalue weighted by molar-refractivity contribution is 0.602. The van der Waals surface area contributed by atoms with Crippen LogP contribution in [-0.4, -0.2) is 15.9 Å². The van der Waals surface area contributed by atoms with E-state index in [-0.39, 0.29) is 5.56 Å². The first-order chi connectivity index (χ1) is 9.20. The second-order valence-corrected chi connectivity index (χ2v) is 5.02. The molecule has 3 rings (SSSR count). The molecule has 0 unspecified atom stereocenters. The Labute approximate surface area is 112 Å². The fourth-order valence-electron chi connectivity index (χ4n) is 2.07. The third-order valence-corrected chi connectivity index (χ3v) is 3.78. The minimum Gasteiger partial charge on any atom is -0.330 e.